The molecule has 5 nitrogen and oxygen atoms in total. The molecule has 2 heterocycles. The zero-order chi connectivity index (χ0) is 23.2. The lowest BCUT2D eigenvalue weighted by Gasteiger charge is -2.42. The Bertz CT molecular complexity index is 915. The Kier molecular flexibility index (Phi) is 8.31. The van der Waals surface area contributed by atoms with Gasteiger partial charge in [0.15, 0.2) is 0 Å². The average Bonchev–Trinajstić information content (AvgIpc) is 2.83. The van der Waals surface area contributed by atoms with E-state index in [0.717, 1.165) is 44.8 Å². The highest BCUT2D eigenvalue weighted by Gasteiger charge is 2.32. The molecule has 0 spiro atoms. The Morgan fingerprint density at radius 1 is 1.03 bits per heavy atom. The number of benzene rings is 2. The third kappa shape index (κ3) is 6.30. The van der Waals surface area contributed by atoms with Crippen LogP contribution >= 0.6 is 15.9 Å². The van der Waals surface area contributed by atoms with Gasteiger partial charge in [0.25, 0.3) is 0 Å². The Morgan fingerprint density at radius 2 is 1.79 bits per heavy atom. The topological polar surface area (TPSA) is 36.0 Å². The highest BCUT2D eigenvalue weighted by atomic mass is 79.9. The fourth-order valence-electron chi connectivity index (χ4n) is 5.08. The van der Waals surface area contributed by atoms with Gasteiger partial charge in [0.2, 0.25) is 0 Å². The monoisotopic (exact) mass is 513 g/mol. The molecule has 2 fully saturated rings. The number of carbonyl (C=O) groups is 1. The van der Waals surface area contributed by atoms with Crippen molar-refractivity contribution in [3.63, 3.8) is 0 Å². The molecule has 2 aliphatic heterocycles. The first-order valence-electron chi connectivity index (χ1n) is 12.2. The number of rotatable bonds is 8. The summed E-state index contributed by atoms with van der Waals surface area (Å²) < 4.78 is 6.86. The number of urea groups is 1. The number of nitrogens with zero attached hydrogens (tertiary/aromatic N) is 3. The van der Waals surface area contributed by atoms with E-state index in [0.29, 0.717) is 25.1 Å². The summed E-state index contributed by atoms with van der Waals surface area (Å²) in [6, 6.07) is 17.1. The summed E-state index contributed by atoms with van der Waals surface area (Å²) in [6.07, 6.45) is 4.53. The highest BCUT2D eigenvalue weighted by molar-refractivity contribution is 9.10. The number of carbonyl (C=O) groups excluding carboxylic acids is 1. The normalized spacial score (nSPS) is 20.3. The summed E-state index contributed by atoms with van der Waals surface area (Å²) in [7, 11) is 1.97. The number of piperidine rings is 1. The van der Waals surface area contributed by atoms with Gasteiger partial charge in [-0.3, -0.25) is 0 Å². The molecule has 2 saturated heterocycles. The standard InChI is InChI=1S/C27H36BrN3O2/c1-3-33-25-9-10-26(28)23(18-25)17-21-11-14-30(15-12-21)20-24-13-16-31(27(32)29(24)2)19-22-7-5-4-6-8-22/h4-10,18,21,24H,3,11-17,19-20H2,1-2H3. The van der Waals surface area contributed by atoms with E-state index in [4.69, 9.17) is 4.74 Å². The van der Waals surface area contributed by atoms with Gasteiger partial charge < -0.3 is 19.4 Å². The lowest BCUT2D eigenvalue weighted by Crippen LogP contribution is -2.56. The van der Waals surface area contributed by atoms with Crippen molar-refractivity contribution in [1.82, 2.24) is 14.7 Å². The molecule has 6 heteroatoms. The molecule has 2 amide bonds. The van der Waals surface area contributed by atoms with Crippen molar-refractivity contribution in [1.29, 1.82) is 0 Å². The quantitative estimate of drug-likeness (QED) is 0.472. The van der Waals surface area contributed by atoms with Gasteiger partial charge in [0.1, 0.15) is 5.75 Å². The second-order valence-corrected chi connectivity index (χ2v) is 10.2. The van der Waals surface area contributed by atoms with Crippen LogP contribution in [0.25, 0.3) is 0 Å². The van der Waals surface area contributed by atoms with E-state index in [1.807, 2.05) is 48.0 Å². The molecular formula is C27H36BrN3O2. The molecule has 0 saturated carbocycles. The van der Waals surface area contributed by atoms with Crippen molar-refractivity contribution in [2.45, 2.75) is 45.2 Å². The van der Waals surface area contributed by atoms with E-state index in [2.05, 4.69) is 45.1 Å². The molecule has 0 bridgehead atoms. The van der Waals surface area contributed by atoms with Crippen molar-refractivity contribution >= 4 is 22.0 Å². The lowest BCUT2D eigenvalue weighted by molar-refractivity contribution is 0.0802. The van der Waals surface area contributed by atoms with Gasteiger partial charge in [-0.25, -0.2) is 4.79 Å². The zero-order valence-corrected chi connectivity index (χ0v) is 21.5. The van der Waals surface area contributed by atoms with Crippen LogP contribution in [0.3, 0.4) is 0 Å². The molecule has 33 heavy (non-hydrogen) atoms. The molecule has 0 aliphatic carbocycles. The molecule has 2 aromatic carbocycles. The van der Waals surface area contributed by atoms with Gasteiger partial charge in [-0.15, -0.1) is 0 Å². The second-order valence-electron chi connectivity index (χ2n) is 9.38. The van der Waals surface area contributed by atoms with Crippen molar-refractivity contribution in [3.05, 3.63) is 64.1 Å². The van der Waals surface area contributed by atoms with Crippen LogP contribution in [0.1, 0.15) is 37.3 Å². The van der Waals surface area contributed by atoms with Crippen LogP contribution in [-0.2, 0) is 13.0 Å². The van der Waals surface area contributed by atoms with Crippen LogP contribution < -0.4 is 4.74 Å². The number of amides is 2. The molecule has 4 rings (SSSR count). The van der Waals surface area contributed by atoms with Crippen LogP contribution in [-0.4, -0.2) is 66.6 Å². The minimum Gasteiger partial charge on any atom is -0.494 e. The molecule has 1 atom stereocenters. The van der Waals surface area contributed by atoms with Crippen LogP contribution in [0.2, 0.25) is 0 Å². The maximum atomic E-state index is 13.0. The largest absolute Gasteiger partial charge is 0.494 e. The summed E-state index contributed by atoms with van der Waals surface area (Å²) in [4.78, 5) is 19.5. The number of likely N-dealkylation sites (tertiary alicyclic amines) is 1. The number of hydrogen-bond donors (Lipinski definition) is 0. The van der Waals surface area contributed by atoms with Crippen molar-refractivity contribution < 1.29 is 9.53 Å². The van der Waals surface area contributed by atoms with Crippen LogP contribution in [0, 0.1) is 5.92 Å². The van der Waals surface area contributed by atoms with Crippen LogP contribution in [0.15, 0.2) is 53.0 Å². The van der Waals surface area contributed by atoms with E-state index in [1.54, 1.807) is 0 Å². The third-order valence-corrected chi connectivity index (χ3v) is 7.85. The fraction of sp³-hybridized carbons (Fsp3) is 0.519. The molecule has 2 aliphatic rings. The minimum atomic E-state index is 0.156. The van der Waals surface area contributed by atoms with Crippen LogP contribution in [0.4, 0.5) is 4.79 Å². The first kappa shape index (κ1) is 24.1. The number of hydrogen-bond acceptors (Lipinski definition) is 3. The number of likely N-dealkylation sites (N-methyl/N-ethyl adjacent to an activating group) is 1. The molecule has 178 valence electrons. The predicted molar refractivity (Wildman–Crippen MR) is 137 cm³/mol. The summed E-state index contributed by atoms with van der Waals surface area (Å²) in [5.41, 5.74) is 2.54. The number of ether oxygens (including phenoxy) is 1. The molecule has 2 aromatic rings. The molecular weight excluding hydrogens is 478 g/mol. The van der Waals surface area contributed by atoms with Gasteiger partial charge in [-0.2, -0.15) is 0 Å². The molecule has 1 unspecified atom stereocenters. The van der Waals surface area contributed by atoms with E-state index < -0.39 is 0 Å². The van der Waals surface area contributed by atoms with E-state index in [1.165, 1.54) is 28.4 Å². The Labute approximate surface area is 206 Å². The van der Waals surface area contributed by atoms with E-state index in [-0.39, 0.29) is 6.03 Å². The van der Waals surface area contributed by atoms with Gasteiger partial charge >= 0.3 is 6.03 Å². The second kappa shape index (κ2) is 11.4. The maximum Gasteiger partial charge on any atom is 0.320 e. The zero-order valence-electron chi connectivity index (χ0n) is 19.9. The first-order valence-corrected chi connectivity index (χ1v) is 13.0. The fourth-order valence-corrected chi connectivity index (χ4v) is 5.49. The summed E-state index contributed by atoms with van der Waals surface area (Å²) in [6.45, 7) is 7.46. The maximum absolute atomic E-state index is 13.0. The van der Waals surface area contributed by atoms with Gasteiger partial charge in [0.05, 0.1) is 6.61 Å². The first-order chi connectivity index (χ1) is 16.0. The molecule has 0 N–H and O–H groups in total. The summed E-state index contributed by atoms with van der Waals surface area (Å²) in [5, 5.41) is 0. The predicted octanol–water partition coefficient (Wildman–Crippen LogP) is 5.43. The molecule has 0 radical (unpaired) electrons. The SMILES string of the molecule is CCOc1ccc(Br)c(CC2CCN(CC3CCN(Cc4ccccc4)C(=O)N3C)CC2)c1. The van der Waals surface area contributed by atoms with E-state index in [9.17, 15) is 4.79 Å². The van der Waals surface area contributed by atoms with Crippen molar-refractivity contribution in [2.24, 2.45) is 5.92 Å². The van der Waals surface area contributed by atoms with Gasteiger partial charge in [0, 0.05) is 37.2 Å². The van der Waals surface area contributed by atoms with Gasteiger partial charge in [-0.1, -0.05) is 46.3 Å². The third-order valence-electron chi connectivity index (χ3n) is 7.08. The minimum absolute atomic E-state index is 0.156. The summed E-state index contributed by atoms with van der Waals surface area (Å²) >= 11 is 3.72. The van der Waals surface area contributed by atoms with Crippen LogP contribution in [0.5, 0.6) is 5.75 Å². The van der Waals surface area contributed by atoms with Gasteiger partial charge in [-0.05, 0) is 80.9 Å². The van der Waals surface area contributed by atoms with Crippen molar-refractivity contribution in [2.75, 3.05) is 39.8 Å². The Hall–Kier alpha value is -2.05. The Morgan fingerprint density at radius 3 is 2.52 bits per heavy atom. The number of halogens is 1. The highest BCUT2D eigenvalue weighted by Crippen LogP contribution is 2.29. The smallest absolute Gasteiger partial charge is 0.320 e. The molecule has 0 aromatic heterocycles. The summed E-state index contributed by atoms with van der Waals surface area (Å²) in [5.74, 6) is 1.65. The van der Waals surface area contributed by atoms with E-state index >= 15 is 0 Å². The Balaban J connectivity index is 1.25. The average molecular weight is 515 g/mol. The lowest BCUT2D eigenvalue weighted by atomic mass is 9.90. The van der Waals surface area contributed by atoms with Crippen molar-refractivity contribution in [3.8, 4) is 5.75 Å².